The van der Waals surface area contributed by atoms with Gasteiger partial charge in [0.25, 0.3) is 11.8 Å². The Morgan fingerprint density at radius 3 is 2.50 bits per heavy atom. The Balaban J connectivity index is 1.82. The zero-order valence-corrected chi connectivity index (χ0v) is 11.7. The van der Waals surface area contributed by atoms with E-state index in [1.54, 1.807) is 6.08 Å². The molecule has 1 saturated heterocycles. The Morgan fingerprint density at radius 2 is 1.85 bits per heavy atom. The first-order valence-corrected chi connectivity index (χ1v) is 7.10. The van der Waals surface area contributed by atoms with E-state index < -0.39 is 11.8 Å². The molecule has 5 nitrogen and oxygen atoms in total. The van der Waals surface area contributed by atoms with Crippen molar-refractivity contribution in [2.45, 2.75) is 31.7 Å². The highest BCUT2D eigenvalue weighted by Crippen LogP contribution is 2.30. The number of hydrogen-bond donors (Lipinski definition) is 2. The maximum absolute atomic E-state index is 11.7. The molecule has 0 atom stereocenters. The van der Waals surface area contributed by atoms with E-state index in [0.717, 1.165) is 5.56 Å². The lowest BCUT2D eigenvalue weighted by Gasteiger charge is -2.16. The fraction of sp³-hybridized carbons (Fsp3) is 0.357. The van der Waals surface area contributed by atoms with Gasteiger partial charge >= 0.3 is 0 Å². The molecule has 0 aromatic carbocycles. The topological polar surface area (TPSA) is 63.1 Å². The maximum Gasteiger partial charge on any atom is 0.263 e. The largest absolute Gasteiger partial charge is 0.351 e. The van der Waals surface area contributed by atoms with Crippen molar-refractivity contribution in [2.24, 2.45) is 0 Å². The van der Waals surface area contributed by atoms with Crippen molar-refractivity contribution < 1.29 is 9.59 Å². The van der Waals surface area contributed by atoms with Gasteiger partial charge in [0.1, 0.15) is 5.57 Å². The Bertz CT molecular complexity index is 590. The summed E-state index contributed by atoms with van der Waals surface area (Å²) in [6.07, 6.45) is 10.5. The van der Waals surface area contributed by atoms with Gasteiger partial charge in [-0.3, -0.25) is 20.2 Å². The molecule has 1 aliphatic heterocycles. The number of rotatable bonds is 2. The Labute approximate surface area is 122 Å². The van der Waals surface area contributed by atoms with Gasteiger partial charge in [-0.1, -0.05) is 12.8 Å². The number of hydrogen-bond acceptors (Lipinski definition) is 3. The van der Waals surface area contributed by atoms with Crippen LogP contribution in [0.2, 0.25) is 0 Å². The minimum absolute atomic E-state index is 0.0562. The zero-order chi connectivity index (χ0) is 14.1. The molecule has 1 aromatic heterocycles. The van der Waals surface area contributed by atoms with E-state index in [4.69, 9.17) is 12.2 Å². The van der Waals surface area contributed by atoms with Crippen LogP contribution in [-0.4, -0.2) is 21.5 Å². The highest BCUT2D eigenvalue weighted by atomic mass is 32.1. The Kier molecular flexibility index (Phi) is 3.40. The van der Waals surface area contributed by atoms with Crippen molar-refractivity contribution in [3.63, 3.8) is 0 Å². The summed E-state index contributed by atoms with van der Waals surface area (Å²) in [5, 5.41) is 4.91. The van der Waals surface area contributed by atoms with Gasteiger partial charge in [-0.25, -0.2) is 0 Å². The third-order valence-electron chi connectivity index (χ3n) is 3.74. The first kappa shape index (κ1) is 13.1. The van der Waals surface area contributed by atoms with Crippen LogP contribution in [-0.2, 0) is 9.59 Å². The average Bonchev–Trinajstić information content (AvgIpc) is 3.04. The fourth-order valence-corrected chi connectivity index (χ4v) is 2.90. The highest BCUT2D eigenvalue weighted by Gasteiger charge is 2.25. The molecule has 2 N–H and O–H groups in total. The van der Waals surface area contributed by atoms with Crippen LogP contribution in [0.4, 0.5) is 0 Å². The van der Waals surface area contributed by atoms with Gasteiger partial charge in [-0.15, -0.1) is 0 Å². The summed E-state index contributed by atoms with van der Waals surface area (Å²) < 4.78 is 2.17. The molecule has 0 spiro atoms. The SMILES string of the molecule is O=C1NC(=S)NC(=O)C1=Cc1ccn(C2CCCC2)c1. The second kappa shape index (κ2) is 5.20. The number of carbonyl (C=O) groups is 2. The first-order valence-electron chi connectivity index (χ1n) is 6.69. The number of nitrogens with one attached hydrogen (secondary N) is 2. The van der Waals surface area contributed by atoms with Gasteiger partial charge in [0, 0.05) is 18.4 Å². The molecule has 20 heavy (non-hydrogen) atoms. The molecular formula is C14H15N3O2S. The van der Waals surface area contributed by atoms with Gasteiger partial charge in [-0.2, -0.15) is 0 Å². The molecule has 0 unspecified atom stereocenters. The molecule has 0 radical (unpaired) electrons. The van der Waals surface area contributed by atoms with Crippen molar-refractivity contribution >= 4 is 35.2 Å². The van der Waals surface area contributed by atoms with Crippen LogP contribution in [0.5, 0.6) is 0 Å². The lowest BCUT2D eigenvalue weighted by atomic mass is 10.1. The van der Waals surface area contributed by atoms with E-state index in [1.807, 2.05) is 18.5 Å². The molecule has 2 fully saturated rings. The van der Waals surface area contributed by atoms with Crippen LogP contribution in [0.1, 0.15) is 37.3 Å². The summed E-state index contributed by atoms with van der Waals surface area (Å²) in [7, 11) is 0. The third kappa shape index (κ3) is 2.51. The van der Waals surface area contributed by atoms with E-state index in [9.17, 15) is 9.59 Å². The zero-order valence-electron chi connectivity index (χ0n) is 10.9. The van der Waals surface area contributed by atoms with Gasteiger partial charge in [0.2, 0.25) is 0 Å². The number of nitrogens with zero attached hydrogens (tertiary/aromatic N) is 1. The predicted molar refractivity (Wildman–Crippen MR) is 78.8 cm³/mol. The fourth-order valence-electron chi connectivity index (χ4n) is 2.72. The van der Waals surface area contributed by atoms with Crippen molar-refractivity contribution in [2.75, 3.05) is 0 Å². The number of carbonyl (C=O) groups excluding carboxylic acids is 2. The Morgan fingerprint density at radius 1 is 1.20 bits per heavy atom. The minimum atomic E-state index is -0.452. The lowest BCUT2D eigenvalue weighted by Crippen LogP contribution is -2.51. The van der Waals surface area contributed by atoms with E-state index in [0.29, 0.717) is 6.04 Å². The molecule has 1 aliphatic carbocycles. The van der Waals surface area contributed by atoms with E-state index in [1.165, 1.54) is 25.7 Å². The predicted octanol–water partition coefficient (Wildman–Crippen LogP) is 1.52. The summed E-state index contributed by atoms with van der Waals surface area (Å²) in [4.78, 5) is 23.5. The minimum Gasteiger partial charge on any atom is -0.351 e. The molecule has 0 bridgehead atoms. The lowest BCUT2D eigenvalue weighted by molar-refractivity contribution is -0.123. The second-order valence-electron chi connectivity index (χ2n) is 5.13. The average molecular weight is 289 g/mol. The van der Waals surface area contributed by atoms with E-state index in [-0.39, 0.29) is 10.7 Å². The van der Waals surface area contributed by atoms with Crippen molar-refractivity contribution in [1.82, 2.24) is 15.2 Å². The number of aromatic nitrogens is 1. The molecule has 3 rings (SSSR count). The van der Waals surface area contributed by atoms with Gasteiger partial charge in [0.15, 0.2) is 5.11 Å². The molecule has 2 heterocycles. The van der Waals surface area contributed by atoms with Crippen molar-refractivity contribution in [3.05, 3.63) is 29.6 Å². The Hall–Kier alpha value is -1.95. The van der Waals surface area contributed by atoms with Gasteiger partial charge in [-0.05, 0) is 42.8 Å². The van der Waals surface area contributed by atoms with Gasteiger partial charge < -0.3 is 4.57 Å². The summed E-state index contributed by atoms with van der Waals surface area (Å²) >= 11 is 4.76. The standard InChI is InChI=1S/C14H15N3O2S/c18-12-11(13(19)16-14(20)15-12)7-9-5-6-17(8-9)10-3-1-2-4-10/h5-8,10H,1-4H2,(H2,15,16,18,19,20). The van der Waals surface area contributed by atoms with E-state index >= 15 is 0 Å². The molecule has 6 heteroatoms. The number of thiocarbonyl (C=S) groups is 1. The van der Waals surface area contributed by atoms with Crippen LogP contribution >= 0.6 is 12.2 Å². The van der Waals surface area contributed by atoms with Crippen LogP contribution < -0.4 is 10.6 Å². The summed E-state index contributed by atoms with van der Waals surface area (Å²) in [6, 6.07) is 2.46. The smallest absolute Gasteiger partial charge is 0.263 e. The van der Waals surface area contributed by atoms with Crippen LogP contribution in [0.15, 0.2) is 24.0 Å². The second-order valence-corrected chi connectivity index (χ2v) is 5.53. The molecule has 2 aliphatic rings. The monoisotopic (exact) mass is 289 g/mol. The summed E-state index contributed by atoms with van der Waals surface area (Å²) in [5.74, 6) is -0.903. The molecule has 1 saturated carbocycles. The quantitative estimate of drug-likeness (QED) is 0.493. The summed E-state index contributed by atoms with van der Waals surface area (Å²) in [5.41, 5.74) is 0.938. The molecule has 1 aromatic rings. The molecule has 104 valence electrons. The van der Waals surface area contributed by atoms with Crippen molar-refractivity contribution in [1.29, 1.82) is 0 Å². The van der Waals surface area contributed by atoms with Crippen LogP contribution in [0.3, 0.4) is 0 Å². The van der Waals surface area contributed by atoms with Gasteiger partial charge in [0.05, 0.1) is 0 Å². The first-order chi connectivity index (χ1) is 9.63. The third-order valence-corrected chi connectivity index (χ3v) is 3.94. The maximum atomic E-state index is 11.7. The molecule has 2 amide bonds. The van der Waals surface area contributed by atoms with Crippen molar-refractivity contribution in [3.8, 4) is 0 Å². The van der Waals surface area contributed by atoms with Crippen LogP contribution in [0, 0.1) is 0 Å². The highest BCUT2D eigenvalue weighted by molar-refractivity contribution is 7.80. The molecular weight excluding hydrogens is 274 g/mol. The van der Waals surface area contributed by atoms with Crippen LogP contribution in [0.25, 0.3) is 6.08 Å². The normalized spacial score (nSPS) is 20.0. The number of amides is 2. The van der Waals surface area contributed by atoms with E-state index in [2.05, 4.69) is 15.2 Å². The summed E-state index contributed by atoms with van der Waals surface area (Å²) in [6.45, 7) is 0.